The van der Waals surface area contributed by atoms with E-state index in [4.69, 9.17) is 4.74 Å². The van der Waals surface area contributed by atoms with Crippen molar-refractivity contribution in [3.63, 3.8) is 0 Å². The monoisotopic (exact) mass is 158 g/mol. The number of ether oxygens (including phenoxy) is 1. The van der Waals surface area contributed by atoms with Gasteiger partial charge < -0.3 is 4.74 Å². The van der Waals surface area contributed by atoms with E-state index in [2.05, 4.69) is 0 Å². The zero-order chi connectivity index (χ0) is 8.85. The van der Waals surface area contributed by atoms with E-state index in [1.807, 2.05) is 27.7 Å². The molecule has 0 aliphatic heterocycles. The summed E-state index contributed by atoms with van der Waals surface area (Å²) in [5, 5.41) is 0. The van der Waals surface area contributed by atoms with Crippen LogP contribution in [0.3, 0.4) is 0 Å². The SMILES string of the molecule is CC[C@@H](C)C(=O)OCC(C)C. The van der Waals surface area contributed by atoms with E-state index in [1.54, 1.807) is 0 Å². The van der Waals surface area contributed by atoms with Crippen molar-refractivity contribution < 1.29 is 9.53 Å². The van der Waals surface area contributed by atoms with Crippen molar-refractivity contribution in [3.8, 4) is 0 Å². The Hall–Kier alpha value is -0.530. The summed E-state index contributed by atoms with van der Waals surface area (Å²) in [7, 11) is 0. The van der Waals surface area contributed by atoms with Crippen LogP contribution in [0.5, 0.6) is 0 Å². The van der Waals surface area contributed by atoms with Gasteiger partial charge in [-0.05, 0) is 12.3 Å². The second-order valence-electron chi connectivity index (χ2n) is 3.33. The molecule has 2 heteroatoms. The molecule has 0 saturated heterocycles. The van der Waals surface area contributed by atoms with Crippen LogP contribution in [0.2, 0.25) is 0 Å². The average Bonchev–Trinajstić information content (AvgIpc) is 1.98. The first kappa shape index (κ1) is 10.5. The van der Waals surface area contributed by atoms with Crippen LogP contribution in [0.25, 0.3) is 0 Å². The number of hydrogen-bond donors (Lipinski definition) is 0. The number of esters is 1. The molecule has 0 aromatic rings. The highest BCUT2D eigenvalue weighted by molar-refractivity contribution is 5.71. The van der Waals surface area contributed by atoms with E-state index in [9.17, 15) is 4.79 Å². The highest BCUT2D eigenvalue weighted by Crippen LogP contribution is 2.04. The minimum atomic E-state index is -0.0683. The predicted octanol–water partition coefficient (Wildman–Crippen LogP) is 2.23. The zero-order valence-corrected chi connectivity index (χ0v) is 7.89. The fourth-order valence-electron chi connectivity index (χ4n) is 0.558. The van der Waals surface area contributed by atoms with Gasteiger partial charge in [0.1, 0.15) is 0 Å². The maximum absolute atomic E-state index is 11.1. The highest BCUT2D eigenvalue weighted by Gasteiger charge is 2.11. The largest absolute Gasteiger partial charge is 0.465 e. The summed E-state index contributed by atoms with van der Waals surface area (Å²) in [4.78, 5) is 11.1. The Morgan fingerprint density at radius 1 is 1.36 bits per heavy atom. The molecule has 0 radical (unpaired) electrons. The molecule has 2 nitrogen and oxygen atoms in total. The average molecular weight is 158 g/mol. The van der Waals surface area contributed by atoms with Crippen LogP contribution in [0.4, 0.5) is 0 Å². The van der Waals surface area contributed by atoms with E-state index in [1.165, 1.54) is 0 Å². The lowest BCUT2D eigenvalue weighted by atomic mass is 10.1. The molecule has 1 atom stereocenters. The fraction of sp³-hybridized carbons (Fsp3) is 0.889. The Kier molecular flexibility index (Phi) is 4.92. The van der Waals surface area contributed by atoms with Crippen LogP contribution in [0.1, 0.15) is 34.1 Å². The smallest absolute Gasteiger partial charge is 0.308 e. The molecule has 0 heterocycles. The van der Waals surface area contributed by atoms with Crippen molar-refractivity contribution >= 4 is 5.97 Å². The molecule has 11 heavy (non-hydrogen) atoms. The molecular weight excluding hydrogens is 140 g/mol. The first-order valence-electron chi connectivity index (χ1n) is 4.24. The van der Waals surface area contributed by atoms with E-state index < -0.39 is 0 Å². The van der Waals surface area contributed by atoms with Gasteiger partial charge in [-0.1, -0.05) is 27.7 Å². The van der Waals surface area contributed by atoms with Gasteiger partial charge in [-0.25, -0.2) is 0 Å². The number of carbonyl (C=O) groups is 1. The lowest BCUT2D eigenvalue weighted by molar-refractivity contribution is -0.149. The first-order valence-corrected chi connectivity index (χ1v) is 4.24. The first-order chi connectivity index (χ1) is 5.07. The van der Waals surface area contributed by atoms with Gasteiger partial charge in [0, 0.05) is 0 Å². The third kappa shape index (κ3) is 4.82. The Balaban J connectivity index is 3.52. The lowest BCUT2D eigenvalue weighted by Gasteiger charge is -2.10. The van der Waals surface area contributed by atoms with E-state index >= 15 is 0 Å². The van der Waals surface area contributed by atoms with Gasteiger partial charge in [-0.2, -0.15) is 0 Å². The van der Waals surface area contributed by atoms with Crippen LogP contribution in [0, 0.1) is 11.8 Å². The Bertz CT molecular complexity index is 119. The molecule has 0 bridgehead atoms. The minimum absolute atomic E-state index is 0.0498. The summed E-state index contributed by atoms with van der Waals surface area (Å²) < 4.78 is 5.02. The van der Waals surface area contributed by atoms with Gasteiger partial charge in [0.25, 0.3) is 0 Å². The standard InChI is InChI=1S/C9H18O2/c1-5-8(4)9(10)11-6-7(2)3/h7-8H,5-6H2,1-4H3/t8-/m1/s1. The summed E-state index contributed by atoms with van der Waals surface area (Å²) in [6, 6.07) is 0. The topological polar surface area (TPSA) is 26.3 Å². The van der Waals surface area contributed by atoms with Crippen LogP contribution >= 0.6 is 0 Å². The van der Waals surface area contributed by atoms with Crippen LogP contribution in [0.15, 0.2) is 0 Å². The van der Waals surface area contributed by atoms with Gasteiger partial charge in [0.15, 0.2) is 0 Å². The molecule has 66 valence electrons. The number of hydrogen-bond acceptors (Lipinski definition) is 2. The van der Waals surface area contributed by atoms with Gasteiger partial charge in [-0.15, -0.1) is 0 Å². The van der Waals surface area contributed by atoms with Crippen molar-refractivity contribution in [2.24, 2.45) is 11.8 Å². The normalized spacial score (nSPS) is 13.2. The molecule has 0 fully saturated rings. The highest BCUT2D eigenvalue weighted by atomic mass is 16.5. The Morgan fingerprint density at radius 3 is 2.27 bits per heavy atom. The molecule has 0 aromatic heterocycles. The minimum Gasteiger partial charge on any atom is -0.465 e. The quantitative estimate of drug-likeness (QED) is 0.586. The molecule has 0 spiro atoms. The van der Waals surface area contributed by atoms with Crippen LogP contribution in [-0.2, 0) is 9.53 Å². The molecule has 0 saturated carbocycles. The third-order valence-electron chi connectivity index (χ3n) is 1.57. The molecule has 0 aliphatic rings. The predicted molar refractivity (Wildman–Crippen MR) is 45.3 cm³/mol. The van der Waals surface area contributed by atoms with Gasteiger partial charge in [-0.3, -0.25) is 4.79 Å². The maximum atomic E-state index is 11.1. The maximum Gasteiger partial charge on any atom is 0.308 e. The van der Waals surface area contributed by atoms with Crippen molar-refractivity contribution in [1.29, 1.82) is 0 Å². The number of carbonyl (C=O) groups excluding carboxylic acids is 1. The van der Waals surface area contributed by atoms with Crippen LogP contribution in [-0.4, -0.2) is 12.6 Å². The summed E-state index contributed by atoms with van der Waals surface area (Å²) in [6.45, 7) is 8.49. The zero-order valence-electron chi connectivity index (χ0n) is 7.89. The molecule has 0 rings (SSSR count). The van der Waals surface area contributed by atoms with Gasteiger partial charge in [0.05, 0.1) is 12.5 Å². The molecule has 0 aliphatic carbocycles. The fourth-order valence-corrected chi connectivity index (χ4v) is 0.558. The summed E-state index contributed by atoms with van der Waals surface area (Å²) in [5.74, 6) is 0.415. The Morgan fingerprint density at radius 2 is 1.91 bits per heavy atom. The van der Waals surface area contributed by atoms with E-state index in [0.29, 0.717) is 12.5 Å². The van der Waals surface area contributed by atoms with Crippen molar-refractivity contribution in [3.05, 3.63) is 0 Å². The third-order valence-corrected chi connectivity index (χ3v) is 1.57. The van der Waals surface area contributed by atoms with E-state index in [0.717, 1.165) is 6.42 Å². The summed E-state index contributed by atoms with van der Waals surface area (Å²) in [6.07, 6.45) is 0.858. The van der Waals surface area contributed by atoms with E-state index in [-0.39, 0.29) is 11.9 Å². The number of rotatable bonds is 4. The van der Waals surface area contributed by atoms with Gasteiger partial charge in [0.2, 0.25) is 0 Å². The van der Waals surface area contributed by atoms with Crippen molar-refractivity contribution in [2.45, 2.75) is 34.1 Å². The summed E-state index contributed by atoms with van der Waals surface area (Å²) in [5.41, 5.74) is 0. The molecular formula is C9H18O2. The van der Waals surface area contributed by atoms with Gasteiger partial charge >= 0.3 is 5.97 Å². The second kappa shape index (κ2) is 5.16. The molecule has 0 N–H and O–H groups in total. The molecule has 0 amide bonds. The van der Waals surface area contributed by atoms with Crippen molar-refractivity contribution in [1.82, 2.24) is 0 Å². The Labute approximate surface area is 68.9 Å². The molecule has 0 unspecified atom stereocenters. The van der Waals surface area contributed by atoms with Crippen molar-refractivity contribution in [2.75, 3.05) is 6.61 Å². The molecule has 0 aromatic carbocycles. The lowest BCUT2D eigenvalue weighted by Crippen LogP contribution is -2.16. The second-order valence-corrected chi connectivity index (χ2v) is 3.33. The van der Waals surface area contributed by atoms with Crippen LogP contribution < -0.4 is 0 Å². The summed E-state index contributed by atoms with van der Waals surface area (Å²) >= 11 is 0.